The summed E-state index contributed by atoms with van der Waals surface area (Å²) in [6.07, 6.45) is 0. The summed E-state index contributed by atoms with van der Waals surface area (Å²) in [6, 6.07) is 6.22. The van der Waals surface area contributed by atoms with Crippen molar-refractivity contribution in [3.05, 3.63) is 24.3 Å². The molecule has 2 aromatic carbocycles. The monoisotopic (exact) mass is 190 g/mol. The van der Waals surface area contributed by atoms with Crippen molar-refractivity contribution in [2.75, 3.05) is 11.5 Å². The van der Waals surface area contributed by atoms with E-state index in [1.807, 2.05) is 0 Å². The van der Waals surface area contributed by atoms with Crippen LogP contribution in [0.3, 0.4) is 0 Å². The van der Waals surface area contributed by atoms with Gasteiger partial charge in [0, 0.05) is 10.8 Å². The van der Waals surface area contributed by atoms with E-state index in [-0.39, 0.29) is 17.2 Å². The van der Waals surface area contributed by atoms with Crippen LogP contribution in [-0.2, 0) is 0 Å². The lowest BCUT2D eigenvalue weighted by molar-refractivity contribution is 0.477. The van der Waals surface area contributed by atoms with E-state index in [1.165, 1.54) is 6.07 Å². The summed E-state index contributed by atoms with van der Waals surface area (Å²) < 4.78 is 0. The molecule has 14 heavy (non-hydrogen) atoms. The Morgan fingerprint density at radius 2 is 1.50 bits per heavy atom. The number of nitrogens with two attached hydrogens (primary N) is 2. The van der Waals surface area contributed by atoms with Crippen LogP contribution in [-0.4, -0.2) is 10.2 Å². The third kappa shape index (κ3) is 1.01. The minimum atomic E-state index is -0.00537. The number of phenols is 2. The van der Waals surface area contributed by atoms with Gasteiger partial charge in [-0.05, 0) is 24.3 Å². The summed E-state index contributed by atoms with van der Waals surface area (Å²) in [5.74, 6) is -0.00382. The third-order valence-electron chi connectivity index (χ3n) is 2.22. The molecule has 0 aliphatic heterocycles. The predicted octanol–water partition coefficient (Wildman–Crippen LogP) is 1.42. The molecule has 2 aromatic rings. The first-order valence-electron chi connectivity index (χ1n) is 4.10. The summed E-state index contributed by atoms with van der Waals surface area (Å²) >= 11 is 0. The van der Waals surface area contributed by atoms with Crippen molar-refractivity contribution >= 4 is 22.1 Å². The highest BCUT2D eigenvalue weighted by atomic mass is 16.3. The van der Waals surface area contributed by atoms with Crippen LogP contribution in [0.25, 0.3) is 10.8 Å². The Morgan fingerprint density at radius 3 is 2.21 bits per heavy atom. The average Bonchev–Trinajstić information content (AvgIpc) is 2.17. The molecule has 0 aliphatic rings. The molecule has 72 valence electrons. The molecular weight excluding hydrogens is 180 g/mol. The van der Waals surface area contributed by atoms with E-state index in [4.69, 9.17) is 11.5 Å². The number of benzene rings is 2. The van der Waals surface area contributed by atoms with Crippen molar-refractivity contribution < 1.29 is 10.2 Å². The second kappa shape index (κ2) is 2.70. The molecule has 0 aliphatic carbocycles. The third-order valence-corrected chi connectivity index (χ3v) is 2.22. The van der Waals surface area contributed by atoms with E-state index in [0.717, 1.165) is 0 Å². The number of rotatable bonds is 0. The maximum absolute atomic E-state index is 9.61. The van der Waals surface area contributed by atoms with Crippen LogP contribution in [0.15, 0.2) is 24.3 Å². The van der Waals surface area contributed by atoms with Crippen LogP contribution in [0.5, 0.6) is 11.5 Å². The van der Waals surface area contributed by atoms with Gasteiger partial charge in [-0.3, -0.25) is 0 Å². The van der Waals surface area contributed by atoms with E-state index in [0.29, 0.717) is 16.5 Å². The molecule has 0 spiro atoms. The van der Waals surface area contributed by atoms with E-state index in [9.17, 15) is 10.2 Å². The summed E-state index contributed by atoms with van der Waals surface area (Å²) in [4.78, 5) is 0. The zero-order chi connectivity index (χ0) is 10.3. The number of nitrogen functional groups attached to an aromatic ring is 2. The first-order valence-corrected chi connectivity index (χ1v) is 4.10. The van der Waals surface area contributed by atoms with Gasteiger partial charge in [0.2, 0.25) is 0 Å². The highest BCUT2D eigenvalue weighted by molar-refractivity contribution is 6.01. The Labute approximate surface area is 80.4 Å². The Balaban J connectivity index is 2.94. The molecule has 0 radical (unpaired) electrons. The van der Waals surface area contributed by atoms with Gasteiger partial charge in [0.1, 0.15) is 11.5 Å². The molecular formula is C10H10N2O2. The van der Waals surface area contributed by atoms with Crippen LogP contribution >= 0.6 is 0 Å². The molecule has 0 amide bonds. The zero-order valence-corrected chi connectivity index (χ0v) is 7.36. The molecule has 6 N–H and O–H groups in total. The Hall–Kier alpha value is -2.10. The number of aromatic hydroxyl groups is 2. The molecule has 0 unspecified atom stereocenters. The quantitative estimate of drug-likeness (QED) is 0.373. The molecule has 2 rings (SSSR count). The maximum atomic E-state index is 9.61. The van der Waals surface area contributed by atoms with Crippen LogP contribution in [0.4, 0.5) is 11.4 Å². The van der Waals surface area contributed by atoms with Gasteiger partial charge in [-0.2, -0.15) is 0 Å². The van der Waals surface area contributed by atoms with Crippen molar-refractivity contribution in [3.63, 3.8) is 0 Å². The van der Waals surface area contributed by atoms with Gasteiger partial charge >= 0.3 is 0 Å². The second-order valence-corrected chi connectivity index (χ2v) is 3.10. The van der Waals surface area contributed by atoms with E-state index in [2.05, 4.69) is 0 Å². The number of hydrogen-bond donors (Lipinski definition) is 4. The summed E-state index contributed by atoms with van der Waals surface area (Å²) in [5, 5.41) is 20.1. The fraction of sp³-hybridized carbons (Fsp3) is 0. The van der Waals surface area contributed by atoms with Gasteiger partial charge in [0.15, 0.2) is 0 Å². The summed E-state index contributed by atoms with van der Waals surface area (Å²) in [7, 11) is 0. The molecule has 0 aromatic heterocycles. The molecule has 0 saturated heterocycles. The molecule has 0 saturated carbocycles. The van der Waals surface area contributed by atoms with Gasteiger partial charge < -0.3 is 21.7 Å². The number of hydrogen-bond acceptors (Lipinski definition) is 4. The van der Waals surface area contributed by atoms with E-state index < -0.39 is 0 Å². The van der Waals surface area contributed by atoms with Crippen molar-refractivity contribution in [2.24, 2.45) is 0 Å². The number of fused-ring (bicyclic) bond motifs is 1. The Bertz CT molecular complexity index is 462. The minimum Gasteiger partial charge on any atom is -0.506 e. The van der Waals surface area contributed by atoms with Gasteiger partial charge in [-0.25, -0.2) is 0 Å². The lowest BCUT2D eigenvalue weighted by Gasteiger charge is -2.07. The standard InChI is InChI=1S/C10H10N2O2/c11-7-3-1-5-6(10(7)14)2-4-8(13)9(5)12/h1-4,13-14H,11-12H2. The Kier molecular flexibility index (Phi) is 1.64. The number of anilines is 2. The predicted molar refractivity (Wildman–Crippen MR) is 56.1 cm³/mol. The van der Waals surface area contributed by atoms with Crippen molar-refractivity contribution in [3.8, 4) is 11.5 Å². The lowest BCUT2D eigenvalue weighted by Crippen LogP contribution is -1.90. The SMILES string of the molecule is Nc1ccc2c(N)c(O)ccc2c1O. The molecule has 0 atom stereocenters. The smallest absolute Gasteiger partial charge is 0.146 e. The summed E-state index contributed by atoms with van der Waals surface area (Å²) in [6.45, 7) is 0. The van der Waals surface area contributed by atoms with Crippen molar-refractivity contribution in [1.82, 2.24) is 0 Å². The topological polar surface area (TPSA) is 92.5 Å². The minimum absolute atomic E-state index is 0.00155. The van der Waals surface area contributed by atoms with Crippen LogP contribution in [0.2, 0.25) is 0 Å². The first-order chi connectivity index (χ1) is 6.61. The largest absolute Gasteiger partial charge is 0.506 e. The van der Waals surface area contributed by atoms with Crippen molar-refractivity contribution in [1.29, 1.82) is 0 Å². The molecule has 4 nitrogen and oxygen atoms in total. The van der Waals surface area contributed by atoms with Gasteiger partial charge in [0.05, 0.1) is 11.4 Å². The van der Waals surface area contributed by atoms with E-state index >= 15 is 0 Å². The fourth-order valence-electron chi connectivity index (χ4n) is 1.42. The van der Waals surface area contributed by atoms with Crippen molar-refractivity contribution in [2.45, 2.75) is 0 Å². The van der Waals surface area contributed by atoms with Gasteiger partial charge in [0.25, 0.3) is 0 Å². The maximum Gasteiger partial charge on any atom is 0.146 e. The molecule has 0 bridgehead atoms. The fourth-order valence-corrected chi connectivity index (χ4v) is 1.42. The normalized spacial score (nSPS) is 10.6. The van der Waals surface area contributed by atoms with Crippen LogP contribution in [0.1, 0.15) is 0 Å². The highest BCUT2D eigenvalue weighted by Crippen LogP contribution is 2.36. The molecule has 4 heteroatoms. The Morgan fingerprint density at radius 1 is 0.857 bits per heavy atom. The molecule has 0 fully saturated rings. The lowest BCUT2D eigenvalue weighted by atomic mass is 10.1. The molecule has 0 heterocycles. The van der Waals surface area contributed by atoms with E-state index in [1.54, 1.807) is 18.2 Å². The number of phenolic OH excluding ortho intramolecular Hbond substituents is 2. The zero-order valence-electron chi connectivity index (χ0n) is 7.36. The highest BCUT2D eigenvalue weighted by Gasteiger charge is 2.08. The first kappa shape index (κ1) is 8.50. The second-order valence-electron chi connectivity index (χ2n) is 3.10. The van der Waals surface area contributed by atoms with Crippen LogP contribution in [0, 0.1) is 0 Å². The van der Waals surface area contributed by atoms with Gasteiger partial charge in [-0.15, -0.1) is 0 Å². The van der Waals surface area contributed by atoms with Gasteiger partial charge in [-0.1, -0.05) is 0 Å². The van der Waals surface area contributed by atoms with Crippen LogP contribution < -0.4 is 11.5 Å². The summed E-state index contributed by atoms with van der Waals surface area (Å²) in [5.41, 5.74) is 11.7. The average molecular weight is 190 g/mol.